The molecular weight excluding hydrogens is 285 g/mol. The van der Waals surface area contributed by atoms with Gasteiger partial charge in [-0.3, -0.25) is 0 Å². The summed E-state index contributed by atoms with van der Waals surface area (Å²) in [6.07, 6.45) is -1.89. The van der Waals surface area contributed by atoms with Crippen LogP contribution in [0, 0.1) is 0 Å². The van der Waals surface area contributed by atoms with E-state index < -0.39 is 18.2 Å². The maximum atomic E-state index is 13.9. The zero-order chi connectivity index (χ0) is 15.9. The second kappa shape index (κ2) is 7.56. The summed E-state index contributed by atoms with van der Waals surface area (Å²) in [7, 11) is 0. The van der Waals surface area contributed by atoms with Gasteiger partial charge in [0.25, 0.3) is 0 Å². The lowest BCUT2D eigenvalue weighted by atomic mass is 10.0. The molecule has 0 saturated carbocycles. The fourth-order valence-electron chi connectivity index (χ4n) is 1.92. The number of rotatable bonds is 6. The van der Waals surface area contributed by atoms with E-state index in [1.165, 1.54) is 0 Å². The molecule has 0 saturated heterocycles. The number of carbonyl (C=O) groups excluding carboxylic acids is 1. The van der Waals surface area contributed by atoms with Crippen LogP contribution >= 0.6 is 0 Å². The van der Waals surface area contributed by atoms with Crippen molar-refractivity contribution in [1.82, 2.24) is 0 Å². The molecule has 0 radical (unpaired) electrons. The Labute approximate surface area is 128 Å². The molecule has 0 spiro atoms. The first kappa shape index (κ1) is 16.0. The summed E-state index contributed by atoms with van der Waals surface area (Å²) in [4.78, 5) is 11.4. The zero-order valence-corrected chi connectivity index (χ0v) is 12.2. The summed E-state index contributed by atoms with van der Waals surface area (Å²) in [5.41, 5.74) is 6.26. The van der Waals surface area contributed by atoms with Crippen LogP contribution in [0.1, 0.15) is 18.5 Å². The molecule has 0 aliphatic carbocycles. The number of alkyl halides is 1. The molecule has 5 heteroatoms. The van der Waals surface area contributed by atoms with Crippen molar-refractivity contribution >= 4 is 5.97 Å². The molecule has 1 unspecified atom stereocenters. The van der Waals surface area contributed by atoms with Gasteiger partial charge in [0.15, 0.2) is 0 Å². The molecule has 2 aromatic carbocycles. The highest BCUT2D eigenvalue weighted by molar-refractivity contribution is 5.75. The van der Waals surface area contributed by atoms with Gasteiger partial charge in [-0.15, -0.1) is 0 Å². The Balaban J connectivity index is 2.03. The quantitative estimate of drug-likeness (QED) is 0.831. The lowest BCUT2D eigenvalue weighted by Gasteiger charge is -2.16. The Hall–Kier alpha value is -2.40. The van der Waals surface area contributed by atoms with Crippen molar-refractivity contribution in [2.24, 2.45) is 5.73 Å². The van der Waals surface area contributed by atoms with Crippen LogP contribution in [0.25, 0.3) is 0 Å². The van der Waals surface area contributed by atoms with E-state index in [2.05, 4.69) is 4.74 Å². The smallest absolute Gasteiger partial charge is 0.342 e. The highest BCUT2D eigenvalue weighted by atomic mass is 19.1. The molecule has 0 fully saturated rings. The van der Waals surface area contributed by atoms with E-state index >= 15 is 0 Å². The second-order valence-electron chi connectivity index (χ2n) is 4.66. The van der Waals surface area contributed by atoms with Gasteiger partial charge >= 0.3 is 5.97 Å². The second-order valence-corrected chi connectivity index (χ2v) is 4.66. The maximum absolute atomic E-state index is 13.9. The number of halogens is 1. The van der Waals surface area contributed by atoms with Crippen molar-refractivity contribution in [2.75, 3.05) is 6.61 Å². The Kier molecular flexibility index (Phi) is 5.49. The van der Waals surface area contributed by atoms with Crippen LogP contribution in [0.15, 0.2) is 54.6 Å². The number of ether oxygens (including phenoxy) is 2. The van der Waals surface area contributed by atoms with Gasteiger partial charge < -0.3 is 15.2 Å². The molecule has 0 amide bonds. The van der Waals surface area contributed by atoms with Crippen molar-refractivity contribution in [1.29, 1.82) is 0 Å². The molecule has 0 aromatic heterocycles. The van der Waals surface area contributed by atoms with Gasteiger partial charge in [-0.05, 0) is 36.8 Å². The number of para-hydroxylation sites is 1. The molecule has 2 aromatic rings. The number of hydrogen-bond donors (Lipinski definition) is 1. The van der Waals surface area contributed by atoms with E-state index in [0.717, 1.165) is 0 Å². The van der Waals surface area contributed by atoms with Crippen LogP contribution in [0.3, 0.4) is 0 Å². The van der Waals surface area contributed by atoms with E-state index in [4.69, 9.17) is 10.5 Å². The summed E-state index contributed by atoms with van der Waals surface area (Å²) in [5.74, 6) is 0.364. The molecule has 2 rings (SSSR count). The van der Waals surface area contributed by atoms with Crippen molar-refractivity contribution in [3.05, 3.63) is 60.2 Å². The highest BCUT2D eigenvalue weighted by Gasteiger charge is 2.27. The number of hydrogen-bond acceptors (Lipinski definition) is 4. The van der Waals surface area contributed by atoms with Crippen LogP contribution < -0.4 is 10.5 Å². The van der Waals surface area contributed by atoms with Crippen molar-refractivity contribution in [2.45, 2.75) is 19.1 Å². The van der Waals surface area contributed by atoms with Gasteiger partial charge in [-0.1, -0.05) is 30.3 Å². The largest absolute Gasteiger partial charge is 0.464 e. The Morgan fingerprint density at radius 2 is 1.68 bits per heavy atom. The fourth-order valence-corrected chi connectivity index (χ4v) is 1.92. The van der Waals surface area contributed by atoms with E-state index in [1.54, 1.807) is 31.2 Å². The highest BCUT2D eigenvalue weighted by Crippen LogP contribution is 2.24. The summed E-state index contributed by atoms with van der Waals surface area (Å²) in [6, 6.07) is 14.9. The molecule has 2 atom stereocenters. The molecule has 0 heterocycles. The number of carbonyl (C=O) groups is 1. The number of benzene rings is 2. The SMILES string of the molecule is CCOC(=O)C(F)[C@H](N)c1ccc(Oc2ccccc2)cc1. The first-order valence-corrected chi connectivity index (χ1v) is 7.01. The molecule has 0 aliphatic rings. The van der Waals surface area contributed by atoms with Gasteiger partial charge in [0, 0.05) is 0 Å². The van der Waals surface area contributed by atoms with Crippen molar-refractivity contribution < 1.29 is 18.7 Å². The standard InChI is InChI=1S/C17H18FNO3/c1-2-21-17(20)15(18)16(19)12-8-10-14(11-9-12)22-13-6-4-3-5-7-13/h3-11,15-16H,2,19H2,1H3/t15?,16-/m1/s1. The summed E-state index contributed by atoms with van der Waals surface area (Å²) < 4.78 is 24.1. The predicted octanol–water partition coefficient (Wildman–Crippen LogP) is 3.38. The van der Waals surface area contributed by atoms with E-state index in [0.29, 0.717) is 17.1 Å². The average molecular weight is 303 g/mol. The third-order valence-corrected chi connectivity index (χ3v) is 3.07. The lowest BCUT2D eigenvalue weighted by Crippen LogP contribution is -2.31. The lowest BCUT2D eigenvalue weighted by molar-refractivity contribution is -0.149. The van der Waals surface area contributed by atoms with Crippen LogP contribution in [0.2, 0.25) is 0 Å². The van der Waals surface area contributed by atoms with Crippen LogP contribution in [0.5, 0.6) is 11.5 Å². The summed E-state index contributed by atoms with van der Waals surface area (Å²) in [6.45, 7) is 1.74. The minimum Gasteiger partial charge on any atom is -0.464 e. The maximum Gasteiger partial charge on any atom is 0.342 e. The minimum atomic E-state index is -1.89. The monoisotopic (exact) mass is 303 g/mol. The third kappa shape index (κ3) is 4.05. The normalized spacial score (nSPS) is 13.2. The van der Waals surface area contributed by atoms with Crippen molar-refractivity contribution in [3.63, 3.8) is 0 Å². The Morgan fingerprint density at radius 1 is 1.09 bits per heavy atom. The zero-order valence-electron chi connectivity index (χ0n) is 12.2. The molecular formula is C17H18FNO3. The van der Waals surface area contributed by atoms with Crippen LogP contribution in [-0.4, -0.2) is 18.7 Å². The summed E-state index contributed by atoms with van der Waals surface area (Å²) >= 11 is 0. The van der Waals surface area contributed by atoms with E-state index in [-0.39, 0.29) is 6.61 Å². The molecule has 0 bridgehead atoms. The summed E-state index contributed by atoms with van der Waals surface area (Å²) in [5, 5.41) is 0. The first-order valence-electron chi connectivity index (χ1n) is 7.01. The molecule has 0 aliphatic heterocycles. The molecule has 116 valence electrons. The average Bonchev–Trinajstić information content (AvgIpc) is 2.55. The molecule has 4 nitrogen and oxygen atoms in total. The topological polar surface area (TPSA) is 61.5 Å². The molecule has 2 N–H and O–H groups in total. The first-order chi connectivity index (χ1) is 10.6. The number of esters is 1. The van der Waals surface area contributed by atoms with Crippen LogP contribution in [-0.2, 0) is 9.53 Å². The van der Waals surface area contributed by atoms with Gasteiger partial charge in [0.05, 0.1) is 12.6 Å². The fraction of sp³-hybridized carbons (Fsp3) is 0.235. The van der Waals surface area contributed by atoms with E-state index in [1.807, 2.05) is 30.3 Å². The van der Waals surface area contributed by atoms with Gasteiger partial charge in [-0.25, -0.2) is 9.18 Å². The molecule has 22 heavy (non-hydrogen) atoms. The third-order valence-electron chi connectivity index (χ3n) is 3.07. The van der Waals surface area contributed by atoms with Gasteiger partial charge in [-0.2, -0.15) is 0 Å². The van der Waals surface area contributed by atoms with Gasteiger partial charge in [0.1, 0.15) is 11.5 Å². The van der Waals surface area contributed by atoms with Gasteiger partial charge in [0.2, 0.25) is 6.17 Å². The predicted molar refractivity (Wildman–Crippen MR) is 81.4 cm³/mol. The Morgan fingerprint density at radius 3 is 2.27 bits per heavy atom. The number of nitrogens with two attached hydrogens (primary N) is 1. The van der Waals surface area contributed by atoms with Crippen molar-refractivity contribution in [3.8, 4) is 11.5 Å². The Bertz CT molecular complexity index is 601. The van der Waals surface area contributed by atoms with E-state index in [9.17, 15) is 9.18 Å². The minimum absolute atomic E-state index is 0.121. The van der Waals surface area contributed by atoms with Crippen LogP contribution in [0.4, 0.5) is 4.39 Å².